The van der Waals surface area contributed by atoms with E-state index < -0.39 is 11.7 Å². The monoisotopic (exact) mass is 358 g/mol. The lowest BCUT2D eigenvalue weighted by Crippen LogP contribution is -2.32. The Bertz CT molecular complexity index is 978. The number of nitrogens with zero attached hydrogens (tertiary/aromatic N) is 3. The predicted octanol–water partition coefficient (Wildman–Crippen LogP) is 3.22. The number of hydrogen-bond donors (Lipinski definition) is 0. The quantitative estimate of drug-likeness (QED) is 0.626. The summed E-state index contributed by atoms with van der Waals surface area (Å²) in [6.07, 6.45) is -1.57. The molecule has 4 nitrogen and oxygen atoms in total. The van der Waals surface area contributed by atoms with Gasteiger partial charge in [0, 0.05) is 12.0 Å². The molecule has 0 N–H and O–H groups in total. The van der Waals surface area contributed by atoms with Crippen molar-refractivity contribution in [3.63, 3.8) is 0 Å². The molecule has 0 amide bonds. The predicted molar refractivity (Wildman–Crippen MR) is 85.6 cm³/mol. The molecule has 2 atom stereocenters. The van der Waals surface area contributed by atoms with E-state index in [1.807, 2.05) is 18.5 Å². The second-order valence-corrected chi connectivity index (χ2v) is 6.63. The van der Waals surface area contributed by atoms with Crippen molar-refractivity contribution in [3.05, 3.63) is 77.4 Å². The first-order valence-electron chi connectivity index (χ1n) is 8.37. The smallest absolute Gasteiger partial charge is 0.363 e. The molecule has 0 spiro atoms. The van der Waals surface area contributed by atoms with E-state index in [2.05, 4.69) is 21.8 Å². The maximum atomic E-state index is 12.8. The number of ether oxygens (including phenoxy) is 1. The van der Waals surface area contributed by atoms with Gasteiger partial charge in [0.25, 0.3) is 12.2 Å². The summed E-state index contributed by atoms with van der Waals surface area (Å²) in [6.45, 7) is 0.392. The number of alkyl halides is 3. The summed E-state index contributed by atoms with van der Waals surface area (Å²) in [5, 5.41) is 4.52. The maximum absolute atomic E-state index is 12.8. The average Bonchev–Trinajstić information content (AvgIpc) is 3.21. The van der Waals surface area contributed by atoms with Crippen LogP contribution in [0.25, 0.3) is 5.69 Å². The molecule has 3 aromatic rings. The molecular formula is C19H15F3N3O+. The van der Waals surface area contributed by atoms with E-state index in [1.54, 1.807) is 4.68 Å². The molecule has 1 aromatic heterocycles. The van der Waals surface area contributed by atoms with Crippen LogP contribution in [-0.4, -0.2) is 15.8 Å². The number of fused-ring (bicyclic) bond motifs is 5. The minimum absolute atomic E-state index is 0.0538. The highest BCUT2D eigenvalue weighted by Crippen LogP contribution is 2.39. The maximum Gasteiger partial charge on any atom is 0.416 e. The van der Waals surface area contributed by atoms with Crippen molar-refractivity contribution in [3.8, 4) is 5.69 Å². The van der Waals surface area contributed by atoms with Crippen LogP contribution in [0.3, 0.4) is 0 Å². The standard InChI is InChI=1S/C19H15F3N3O/c20-19(21,22)13-5-7-14(8-6-13)25-11-24-17(23-25)10-26-16-9-12-3-1-2-4-15(12)18(16)24/h1-8,11,16,18H,9-10H2/q+1/t16-,18?/m0/s1. The van der Waals surface area contributed by atoms with Crippen LogP contribution < -0.4 is 4.68 Å². The zero-order valence-electron chi connectivity index (χ0n) is 13.6. The van der Waals surface area contributed by atoms with E-state index in [0.717, 1.165) is 24.4 Å². The Kier molecular flexibility index (Phi) is 3.24. The Labute approximate surface area is 147 Å². The van der Waals surface area contributed by atoms with Crippen molar-refractivity contribution >= 4 is 0 Å². The molecule has 2 aromatic carbocycles. The number of halogens is 3. The second kappa shape index (κ2) is 5.41. The van der Waals surface area contributed by atoms with Crippen LogP contribution in [0.2, 0.25) is 0 Å². The van der Waals surface area contributed by atoms with Gasteiger partial charge in [0.05, 0.1) is 5.56 Å². The van der Waals surface area contributed by atoms with Crippen molar-refractivity contribution in [1.29, 1.82) is 0 Å². The zero-order chi connectivity index (χ0) is 17.9. The summed E-state index contributed by atoms with van der Waals surface area (Å²) >= 11 is 0. The van der Waals surface area contributed by atoms with E-state index in [-0.39, 0.29) is 12.1 Å². The Morgan fingerprint density at radius 3 is 2.62 bits per heavy atom. The van der Waals surface area contributed by atoms with Crippen LogP contribution in [-0.2, 0) is 23.9 Å². The van der Waals surface area contributed by atoms with E-state index in [4.69, 9.17) is 4.74 Å². The lowest BCUT2D eigenvalue weighted by Gasteiger charge is -2.22. The van der Waals surface area contributed by atoms with E-state index in [0.29, 0.717) is 12.3 Å². The highest BCUT2D eigenvalue weighted by Gasteiger charge is 2.43. The van der Waals surface area contributed by atoms with E-state index in [9.17, 15) is 13.2 Å². The van der Waals surface area contributed by atoms with Gasteiger partial charge in [-0.15, -0.1) is 4.68 Å². The third-order valence-electron chi connectivity index (χ3n) is 5.09. The second-order valence-electron chi connectivity index (χ2n) is 6.63. The largest absolute Gasteiger partial charge is 0.416 e. The number of benzene rings is 2. The summed E-state index contributed by atoms with van der Waals surface area (Å²) in [5.74, 6) is 0.767. The van der Waals surface area contributed by atoms with Gasteiger partial charge in [-0.3, -0.25) is 0 Å². The molecule has 1 aliphatic heterocycles. The lowest BCUT2D eigenvalue weighted by atomic mass is 10.1. The van der Waals surface area contributed by atoms with E-state index in [1.165, 1.54) is 23.3 Å². The Morgan fingerprint density at radius 2 is 1.85 bits per heavy atom. The average molecular weight is 358 g/mol. The minimum Gasteiger partial charge on any atom is -0.363 e. The molecule has 0 radical (unpaired) electrons. The van der Waals surface area contributed by atoms with Crippen LogP contribution in [0.4, 0.5) is 13.2 Å². The van der Waals surface area contributed by atoms with Crippen molar-refractivity contribution in [1.82, 2.24) is 9.67 Å². The molecular weight excluding hydrogens is 343 g/mol. The topological polar surface area (TPSA) is 30.9 Å². The van der Waals surface area contributed by atoms with Crippen molar-refractivity contribution < 1.29 is 22.6 Å². The summed E-state index contributed by atoms with van der Waals surface area (Å²) in [6, 6.07) is 13.3. The van der Waals surface area contributed by atoms with Gasteiger partial charge >= 0.3 is 6.18 Å². The summed E-state index contributed by atoms with van der Waals surface area (Å²) < 4.78 is 47.9. The summed E-state index contributed by atoms with van der Waals surface area (Å²) in [4.78, 5) is 0. The molecule has 2 heterocycles. The highest BCUT2D eigenvalue weighted by atomic mass is 19.4. The van der Waals surface area contributed by atoms with Gasteiger partial charge in [0.15, 0.2) is 11.7 Å². The van der Waals surface area contributed by atoms with Gasteiger partial charge in [-0.1, -0.05) is 24.3 Å². The lowest BCUT2D eigenvalue weighted by molar-refractivity contribution is -0.657. The van der Waals surface area contributed by atoms with Crippen LogP contribution in [0.5, 0.6) is 0 Å². The minimum atomic E-state index is -4.34. The SMILES string of the molecule is FC(F)(F)c1ccc(-[n+]2cn3c(n2)CO[C@H]2Cc4ccccc4C23)cc1. The number of aromatic nitrogens is 3. The van der Waals surface area contributed by atoms with Crippen LogP contribution in [0.1, 0.15) is 28.6 Å². The van der Waals surface area contributed by atoms with Crippen molar-refractivity contribution in [2.24, 2.45) is 0 Å². The fourth-order valence-corrected chi connectivity index (χ4v) is 3.85. The molecule has 0 fully saturated rings. The van der Waals surface area contributed by atoms with E-state index >= 15 is 0 Å². The van der Waals surface area contributed by atoms with Gasteiger partial charge in [0.2, 0.25) is 0 Å². The van der Waals surface area contributed by atoms with Gasteiger partial charge in [-0.25, -0.2) is 4.57 Å². The molecule has 26 heavy (non-hydrogen) atoms. The summed E-state index contributed by atoms with van der Waals surface area (Å²) in [7, 11) is 0. The molecule has 2 aliphatic rings. The Balaban J connectivity index is 1.54. The number of hydrogen-bond acceptors (Lipinski definition) is 2. The molecule has 5 rings (SSSR count). The Hall–Kier alpha value is -2.67. The van der Waals surface area contributed by atoms with Gasteiger partial charge in [0.1, 0.15) is 12.7 Å². The molecule has 0 bridgehead atoms. The fourth-order valence-electron chi connectivity index (χ4n) is 3.85. The summed E-state index contributed by atoms with van der Waals surface area (Å²) in [5.41, 5.74) is 2.40. The van der Waals surface area contributed by atoms with Gasteiger partial charge in [-0.2, -0.15) is 13.2 Å². The fraction of sp³-hybridized carbons (Fsp3) is 0.263. The number of rotatable bonds is 1. The van der Waals surface area contributed by atoms with Gasteiger partial charge in [-0.05, 0) is 34.9 Å². The third kappa shape index (κ3) is 2.34. The molecule has 0 saturated heterocycles. The molecule has 7 heteroatoms. The Morgan fingerprint density at radius 1 is 1.08 bits per heavy atom. The van der Waals surface area contributed by atoms with Crippen LogP contribution in [0, 0.1) is 0 Å². The highest BCUT2D eigenvalue weighted by molar-refractivity contribution is 5.38. The normalized spacial score (nSPS) is 21.2. The first kappa shape index (κ1) is 15.6. The van der Waals surface area contributed by atoms with Crippen LogP contribution >= 0.6 is 0 Å². The van der Waals surface area contributed by atoms with Crippen molar-refractivity contribution in [2.45, 2.75) is 31.3 Å². The molecule has 0 saturated carbocycles. The first-order valence-corrected chi connectivity index (χ1v) is 8.37. The molecule has 132 valence electrons. The van der Waals surface area contributed by atoms with Crippen molar-refractivity contribution in [2.75, 3.05) is 0 Å². The third-order valence-corrected chi connectivity index (χ3v) is 5.09. The zero-order valence-corrected chi connectivity index (χ0v) is 13.6. The molecule has 1 aliphatic carbocycles. The van der Waals surface area contributed by atoms with Gasteiger partial charge < -0.3 is 4.74 Å². The van der Waals surface area contributed by atoms with Crippen LogP contribution in [0.15, 0.2) is 54.9 Å². The first-order chi connectivity index (χ1) is 12.5. The molecule has 1 unspecified atom stereocenters.